The van der Waals surface area contributed by atoms with Crippen LogP contribution in [0.15, 0.2) is 42.5 Å². The van der Waals surface area contributed by atoms with Gasteiger partial charge in [-0.1, -0.05) is 30.3 Å². The molecule has 3 rings (SSSR count). The monoisotopic (exact) mass is 288 g/mol. The molecule has 1 aliphatic heterocycles. The van der Waals surface area contributed by atoms with Gasteiger partial charge in [-0.2, -0.15) is 0 Å². The molecule has 3 nitrogen and oxygen atoms in total. The van der Waals surface area contributed by atoms with Crippen LogP contribution in [0.4, 0.5) is 4.39 Å². The van der Waals surface area contributed by atoms with E-state index in [1.54, 1.807) is 0 Å². The highest BCUT2D eigenvalue weighted by atomic mass is 19.1. The van der Waals surface area contributed by atoms with Crippen molar-refractivity contribution < 1.29 is 18.6 Å². The fourth-order valence-corrected chi connectivity index (χ4v) is 2.22. The van der Waals surface area contributed by atoms with E-state index in [9.17, 15) is 4.39 Å². The van der Waals surface area contributed by atoms with Crippen LogP contribution < -0.4 is 9.47 Å². The number of hydrogen-bond donors (Lipinski definition) is 0. The van der Waals surface area contributed by atoms with Gasteiger partial charge in [0.15, 0.2) is 11.5 Å². The minimum atomic E-state index is -0.740. The molecule has 0 atom stereocenters. The van der Waals surface area contributed by atoms with Gasteiger partial charge in [-0.15, -0.1) is 0 Å². The van der Waals surface area contributed by atoms with Gasteiger partial charge in [0.2, 0.25) is 5.79 Å². The molecule has 0 N–H and O–H groups in total. The summed E-state index contributed by atoms with van der Waals surface area (Å²) in [7, 11) is 0. The Hall–Kier alpha value is -2.07. The maximum Gasteiger partial charge on any atom is 0.205 e. The van der Waals surface area contributed by atoms with Crippen molar-refractivity contribution in [1.29, 1.82) is 0 Å². The Morgan fingerprint density at radius 2 is 1.95 bits per heavy atom. The maximum atomic E-state index is 13.7. The van der Waals surface area contributed by atoms with Crippen molar-refractivity contribution in [3.05, 3.63) is 59.4 Å². The Morgan fingerprint density at radius 1 is 1.19 bits per heavy atom. The molecular formula is C17H17FO3. The van der Waals surface area contributed by atoms with Gasteiger partial charge in [0.1, 0.15) is 12.4 Å². The molecule has 21 heavy (non-hydrogen) atoms. The summed E-state index contributed by atoms with van der Waals surface area (Å²) in [4.78, 5) is 0. The SMILES string of the molecule is CC1(C)OCc2cc(F)cc(OCc3ccccc3)c2O1. The number of halogens is 1. The highest BCUT2D eigenvalue weighted by Crippen LogP contribution is 2.40. The lowest BCUT2D eigenvalue weighted by atomic mass is 10.1. The van der Waals surface area contributed by atoms with Crippen LogP contribution in [0.3, 0.4) is 0 Å². The molecule has 0 aromatic heterocycles. The summed E-state index contributed by atoms with van der Waals surface area (Å²) in [5.41, 5.74) is 1.68. The third-order valence-electron chi connectivity index (χ3n) is 3.26. The molecule has 0 bridgehead atoms. The normalized spacial score (nSPS) is 16.0. The van der Waals surface area contributed by atoms with Crippen LogP contribution in [0.25, 0.3) is 0 Å². The Bertz CT molecular complexity index is 638. The maximum absolute atomic E-state index is 13.7. The summed E-state index contributed by atoms with van der Waals surface area (Å²) in [6, 6.07) is 12.5. The van der Waals surface area contributed by atoms with E-state index in [1.165, 1.54) is 12.1 Å². The summed E-state index contributed by atoms with van der Waals surface area (Å²) in [5.74, 6) is -0.132. The molecule has 0 fully saturated rings. The van der Waals surface area contributed by atoms with E-state index in [0.717, 1.165) is 5.56 Å². The van der Waals surface area contributed by atoms with E-state index in [2.05, 4.69) is 0 Å². The van der Waals surface area contributed by atoms with E-state index in [1.807, 2.05) is 44.2 Å². The average molecular weight is 288 g/mol. The number of rotatable bonds is 3. The predicted molar refractivity (Wildman–Crippen MR) is 76.7 cm³/mol. The second kappa shape index (κ2) is 5.37. The molecule has 2 aromatic carbocycles. The fraction of sp³-hybridized carbons (Fsp3) is 0.294. The highest BCUT2D eigenvalue weighted by molar-refractivity contribution is 5.48. The first-order valence-electron chi connectivity index (χ1n) is 6.86. The first-order chi connectivity index (χ1) is 10.0. The van der Waals surface area contributed by atoms with Crippen LogP contribution in [-0.2, 0) is 18.0 Å². The smallest absolute Gasteiger partial charge is 0.205 e. The second-order valence-corrected chi connectivity index (χ2v) is 5.46. The first kappa shape index (κ1) is 13.9. The van der Waals surface area contributed by atoms with Crippen molar-refractivity contribution in [2.75, 3.05) is 0 Å². The zero-order valence-corrected chi connectivity index (χ0v) is 12.1. The van der Waals surface area contributed by atoms with Gasteiger partial charge in [-0.25, -0.2) is 4.39 Å². The molecule has 0 saturated carbocycles. The summed E-state index contributed by atoms with van der Waals surface area (Å²) in [5, 5.41) is 0. The minimum absolute atomic E-state index is 0.307. The van der Waals surface area contributed by atoms with Gasteiger partial charge in [-0.05, 0) is 11.6 Å². The third kappa shape index (κ3) is 3.16. The zero-order valence-electron chi connectivity index (χ0n) is 12.1. The van der Waals surface area contributed by atoms with Crippen molar-refractivity contribution in [1.82, 2.24) is 0 Å². The lowest BCUT2D eigenvalue weighted by Crippen LogP contribution is -2.35. The van der Waals surface area contributed by atoms with Crippen molar-refractivity contribution >= 4 is 0 Å². The van der Waals surface area contributed by atoms with Gasteiger partial charge >= 0.3 is 0 Å². The average Bonchev–Trinajstić information content (AvgIpc) is 2.46. The van der Waals surface area contributed by atoms with Crippen LogP contribution in [0.2, 0.25) is 0 Å². The minimum Gasteiger partial charge on any atom is -0.485 e. The summed E-state index contributed by atoms with van der Waals surface area (Å²) in [6.07, 6.45) is 0. The Morgan fingerprint density at radius 3 is 2.71 bits per heavy atom. The number of benzene rings is 2. The molecule has 110 valence electrons. The molecule has 4 heteroatoms. The molecule has 1 aliphatic rings. The van der Waals surface area contributed by atoms with Gasteiger partial charge in [0.05, 0.1) is 6.61 Å². The van der Waals surface area contributed by atoms with Crippen molar-refractivity contribution in [3.63, 3.8) is 0 Å². The van der Waals surface area contributed by atoms with Crippen LogP contribution in [-0.4, -0.2) is 5.79 Å². The van der Waals surface area contributed by atoms with Crippen LogP contribution in [0, 0.1) is 5.82 Å². The number of fused-ring (bicyclic) bond motifs is 1. The van der Waals surface area contributed by atoms with E-state index in [-0.39, 0.29) is 5.82 Å². The van der Waals surface area contributed by atoms with Gasteiger partial charge in [0, 0.05) is 25.5 Å². The quantitative estimate of drug-likeness (QED) is 0.852. The van der Waals surface area contributed by atoms with E-state index in [4.69, 9.17) is 14.2 Å². The molecule has 0 amide bonds. The van der Waals surface area contributed by atoms with E-state index >= 15 is 0 Å². The van der Waals surface area contributed by atoms with Crippen molar-refractivity contribution in [2.45, 2.75) is 32.8 Å². The lowest BCUT2D eigenvalue weighted by molar-refractivity contribution is -0.181. The Balaban J connectivity index is 1.86. The van der Waals surface area contributed by atoms with Crippen LogP contribution in [0.1, 0.15) is 25.0 Å². The first-order valence-corrected chi connectivity index (χ1v) is 6.86. The van der Waals surface area contributed by atoms with E-state index < -0.39 is 5.79 Å². The van der Waals surface area contributed by atoms with Gasteiger partial charge in [0.25, 0.3) is 0 Å². The third-order valence-corrected chi connectivity index (χ3v) is 3.26. The molecule has 0 unspecified atom stereocenters. The lowest BCUT2D eigenvalue weighted by Gasteiger charge is -2.33. The number of ether oxygens (including phenoxy) is 3. The van der Waals surface area contributed by atoms with Crippen LogP contribution >= 0.6 is 0 Å². The molecule has 1 heterocycles. The Labute approximate surface area is 123 Å². The standard InChI is InChI=1S/C17H17FO3/c1-17(2)20-11-13-8-14(18)9-15(16(13)21-17)19-10-12-6-4-3-5-7-12/h3-9H,10-11H2,1-2H3. The van der Waals surface area contributed by atoms with Crippen molar-refractivity contribution in [3.8, 4) is 11.5 Å². The molecule has 2 aromatic rings. The van der Waals surface area contributed by atoms with E-state index in [0.29, 0.717) is 30.3 Å². The van der Waals surface area contributed by atoms with Crippen LogP contribution in [0.5, 0.6) is 11.5 Å². The van der Waals surface area contributed by atoms with Gasteiger partial charge in [-0.3, -0.25) is 0 Å². The molecule has 0 saturated heterocycles. The number of hydrogen-bond acceptors (Lipinski definition) is 3. The fourth-order valence-electron chi connectivity index (χ4n) is 2.22. The predicted octanol–water partition coefficient (Wildman–Crippen LogP) is 4.05. The largest absolute Gasteiger partial charge is 0.485 e. The second-order valence-electron chi connectivity index (χ2n) is 5.46. The summed E-state index contributed by atoms with van der Waals surface area (Å²) in [6.45, 7) is 4.31. The molecule has 0 radical (unpaired) electrons. The van der Waals surface area contributed by atoms with Gasteiger partial charge < -0.3 is 14.2 Å². The molecular weight excluding hydrogens is 271 g/mol. The summed E-state index contributed by atoms with van der Waals surface area (Å²) >= 11 is 0. The Kier molecular flexibility index (Phi) is 3.55. The highest BCUT2D eigenvalue weighted by Gasteiger charge is 2.30. The summed E-state index contributed by atoms with van der Waals surface area (Å²) < 4.78 is 30.7. The zero-order chi connectivity index (χ0) is 14.9. The van der Waals surface area contributed by atoms with Crippen molar-refractivity contribution in [2.24, 2.45) is 0 Å². The molecule has 0 spiro atoms. The molecule has 0 aliphatic carbocycles. The topological polar surface area (TPSA) is 27.7 Å².